The Morgan fingerprint density at radius 3 is 2.25 bits per heavy atom. The van der Waals surface area contributed by atoms with Gasteiger partial charge >= 0.3 is 0 Å². The molecule has 1 rings (SSSR count). The number of nitro benzene ring substituents is 1. The molecule has 0 bridgehead atoms. The molecule has 0 aromatic heterocycles. The van der Waals surface area contributed by atoms with Gasteiger partial charge in [-0.05, 0) is 31.8 Å². The molecule has 20 heavy (non-hydrogen) atoms. The highest BCUT2D eigenvalue weighted by molar-refractivity contribution is 6.70. The van der Waals surface area contributed by atoms with Crippen LogP contribution in [0.3, 0.4) is 0 Å². The van der Waals surface area contributed by atoms with Crippen molar-refractivity contribution in [1.82, 2.24) is 5.32 Å². The van der Waals surface area contributed by atoms with E-state index in [9.17, 15) is 14.9 Å². The number of nitrogens with zero attached hydrogens (tertiary/aromatic N) is 1. The molecule has 0 spiro atoms. The molecule has 7 heteroatoms. The van der Waals surface area contributed by atoms with Gasteiger partial charge in [0.25, 0.3) is 5.69 Å². The van der Waals surface area contributed by atoms with Crippen LogP contribution in [0.5, 0.6) is 0 Å². The summed E-state index contributed by atoms with van der Waals surface area (Å²) in [6, 6.07) is 6.02. The van der Waals surface area contributed by atoms with Crippen LogP contribution in [-0.4, -0.2) is 19.1 Å². The van der Waals surface area contributed by atoms with Crippen molar-refractivity contribution < 1.29 is 14.1 Å². The molecule has 0 aliphatic rings. The molecular formula is C13H18N2O4Si. The predicted octanol–water partition coefficient (Wildman–Crippen LogP) is 2.88. The molecule has 0 fully saturated rings. The van der Waals surface area contributed by atoms with Crippen LogP contribution in [0.15, 0.2) is 30.5 Å². The summed E-state index contributed by atoms with van der Waals surface area (Å²) in [5.74, 6) is 0.304. The van der Waals surface area contributed by atoms with Crippen LogP contribution < -0.4 is 5.32 Å². The first-order valence-electron chi connectivity index (χ1n) is 6.10. The van der Waals surface area contributed by atoms with Crippen LogP contribution in [0.1, 0.15) is 12.5 Å². The highest BCUT2D eigenvalue weighted by atomic mass is 28.4. The Bertz CT molecular complexity index is 532. The number of hydrogen-bond donors (Lipinski definition) is 1. The van der Waals surface area contributed by atoms with Crippen LogP contribution in [0.4, 0.5) is 5.69 Å². The van der Waals surface area contributed by atoms with Gasteiger partial charge in [-0.1, -0.05) is 0 Å². The minimum Gasteiger partial charge on any atom is -0.543 e. The van der Waals surface area contributed by atoms with Crippen molar-refractivity contribution >= 4 is 25.7 Å². The van der Waals surface area contributed by atoms with E-state index in [0.29, 0.717) is 11.3 Å². The fourth-order valence-electron chi connectivity index (χ4n) is 1.42. The van der Waals surface area contributed by atoms with E-state index >= 15 is 0 Å². The average Bonchev–Trinajstić information content (AvgIpc) is 2.33. The summed E-state index contributed by atoms with van der Waals surface area (Å²) < 4.78 is 5.89. The first-order valence-corrected chi connectivity index (χ1v) is 9.51. The van der Waals surface area contributed by atoms with Gasteiger partial charge < -0.3 is 9.74 Å². The zero-order valence-corrected chi connectivity index (χ0v) is 13.0. The van der Waals surface area contributed by atoms with Crippen LogP contribution in [0, 0.1) is 10.1 Å². The highest BCUT2D eigenvalue weighted by Gasteiger charge is 2.19. The number of hydrogen-bond acceptors (Lipinski definition) is 4. The summed E-state index contributed by atoms with van der Waals surface area (Å²) >= 11 is 0. The fraction of sp³-hybridized carbons (Fsp3) is 0.308. The molecule has 0 saturated carbocycles. The minimum atomic E-state index is -1.86. The van der Waals surface area contributed by atoms with Crippen molar-refractivity contribution in [3.8, 4) is 0 Å². The standard InChI is InChI=1S/C13H18N2O4Si/c1-10(16)14-9-13(19-20(2,3)4)11-5-7-12(8-6-11)15(17)18/h5-9H,1-4H3,(H,14,16). The molecule has 0 aliphatic heterocycles. The molecule has 0 saturated heterocycles. The van der Waals surface area contributed by atoms with Crippen molar-refractivity contribution in [2.45, 2.75) is 26.6 Å². The Hall–Kier alpha value is -2.15. The molecule has 0 radical (unpaired) electrons. The molecular weight excluding hydrogens is 276 g/mol. The molecule has 1 amide bonds. The van der Waals surface area contributed by atoms with E-state index < -0.39 is 13.2 Å². The summed E-state index contributed by atoms with van der Waals surface area (Å²) in [7, 11) is -1.86. The Balaban J connectivity index is 3.06. The summed E-state index contributed by atoms with van der Waals surface area (Å²) in [6.45, 7) is 7.44. The van der Waals surface area contributed by atoms with Crippen LogP contribution in [0.2, 0.25) is 19.6 Å². The number of carbonyl (C=O) groups excluding carboxylic acids is 1. The Labute approximate surface area is 118 Å². The number of benzene rings is 1. The Morgan fingerprint density at radius 2 is 1.85 bits per heavy atom. The van der Waals surface area contributed by atoms with Gasteiger partial charge in [0.05, 0.1) is 4.92 Å². The van der Waals surface area contributed by atoms with Gasteiger partial charge in [-0.25, -0.2) is 0 Å². The molecule has 1 aromatic rings. The summed E-state index contributed by atoms with van der Waals surface area (Å²) in [4.78, 5) is 21.2. The first kappa shape index (κ1) is 15.9. The van der Waals surface area contributed by atoms with Crippen molar-refractivity contribution in [3.63, 3.8) is 0 Å². The maximum Gasteiger partial charge on any atom is 0.269 e. The first-order chi connectivity index (χ1) is 9.19. The third-order valence-electron chi connectivity index (χ3n) is 2.19. The summed E-state index contributed by atoms with van der Waals surface area (Å²) in [5.41, 5.74) is 0.701. The molecule has 0 aliphatic carbocycles. The quantitative estimate of drug-likeness (QED) is 0.392. The number of amides is 1. The summed E-state index contributed by atoms with van der Waals surface area (Å²) in [5, 5.41) is 13.2. The maximum absolute atomic E-state index is 11.0. The van der Waals surface area contributed by atoms with E-state index in [0.717, 1.165) is 0 Å². The van der Waals surface area contributed by atoms with E-state index in [1.165, 1.54) is 25.3 Å². The van der Waals surface area contributed by atoms with E-state index in [2.05, 4.69) is 5.32 Å². The lowest BCUT2D eigenvalue weighted by molar-refractivity contribution is -0.384. The second-order valence-electron chi connectivity index (χ2n) is 5.23. The summed E-state index contributed by atoms with van der Waals surface area (Å²) in [6.07, 6.45) is 1.49. The third kappa shape index (κ3) is 5.23. The molecule has 1 aromatic carbocycles. The lowest BCUT2D eigenvalue weighted by atomic mass is 10.2. The van der Waals surface area contributed by atoms with Crippen LogP contribution in [0.25, 0.3) is 5.76 Å². The normalized spacial score (nSPS) is 11.9. The van der Waals surface area contributed by atoms with Crippen LogP contribution in [-0.2, 0) is 9.22 Å². The van der Waals surface area contributed by atoms with Gasteiger partial charge in [-0.15, -0.1) is 0 Å². The molecule has 108 valence electrons. The third-order valence-corrected chi connectivity index (χ3v) is 3.02. The molecule has 1 N–H and O–H groups in total. The van der Waals surface area contributed by atoms with E-state index in [1.54, 1.807) is 12.1 Å². The second kappa shape index (κ2) is 6.33. The monoisotopic (exact) mass is 294 g/mol. The van der Waals surface area contributed by atoms with Crippen molar-refractivity contribution in [3.05, 3.63) is 46.1 Å². The minimum absolute atomic E-state index is 0.0145. The lowest BCUT2D eigenvalue weighted by Gasteiger charge is -2.22. The van der Waals surface area contributed by atoms with Crippen molar-refractivity contribution in [1.29, 1.82) is 0 Å². The van der Waals surface area contributed by atoms with Crippen molar-refractivity contribution in [2.24, 2.45) is 0 Å². The highest BCUT2D eigenvalue weighted by Crippen LogP contribution is 2.22. The Morgan fingerprint density at radius 1 is 1.30 bits per heavy atom. The van der Waals surface area contributed by atoms with Gasteiger partial charge in [-0.2, -0.15) is 0 Å². The predicted molar refractivity (Wildman–Crippen MR) is 79.3 cm³/mol. The number of non-ortho nitro benzene ring substituents is 1. The topological polar surface area (TPSA) is 81.5 Å². The molecule has 0 heterocycles. The molecule has 0 unspecified atom stereocenters. The van der Waals surface area contributed by atoms with E-state index in [-0.39, 0.29) is 11.6 Å². The van der Waals surface area contributed by atoms with Gasteiger partial charge in [0.2, 0.25) is 14.2 Å². The molecule has 6 nitrogen and oxygen atoms in total. The second-order valence-corrected chi connectivity index (χ2v) is 9.66. The zero-order chi connectivity index (χ0) is 15.3. The van der Waals surface area contributed by atoms with Gasteiger partial charge in [-0.3, -0.25) is 14.9 Å². The van der Waals surface area contributed by atoms with Gasteiger partial charge in [0, 0.05) is 30.8 Å². The average molecular weight is 294 g/mol. The number of nitro groups is 1. The van der Waals surface area contributed by atoms with Crippen molar-refractivity contribution in [2.75, 3.05) is 0 Å². The van der Waals surface area contributed by atoms with E-state index in [4.69, 9.17) is 4.43 Å². The van der Waals surface area contributed by atoms with E-state index in [1.807, 2.05) is 19.6 Å². The lowest BCUT2D eigenvalue weighted by Crippen LogP contribution is -2.25. The van der Waals surface area contributed by atoms with Gasteiger partial charge in [0.15, 0.2) is 0 Å². The largest absolute Gasteiger partial charge is 0.543 e. The zero-order valence-electron chi connectivity index (χ0n) is 12.0. The number of carbonyl (C=O) groups is 1. The number of rotatable bonds is 5. The maximum atomic E-state index is 11.0. The molecule has 0 atom stereocenters. The number of nitrogens with one attached hydrogen (secondary N) is 1. The SMILES string of the molecule is CC(=O)NC=C(O[Si](C)(C)C)c1ccc([N+](=O)[O-])cc1. The smallest absolute Gasteiger partial charge is 0.269 e. The van der Waals surface area contributed by atoms with Crippen LogP contribution >= 0.6 is 0 Å². The fourth-order valence-corrected chi connectivity index (χ4v) is 2.25. The van der Waals surface area contributed by atoms with Gasteiger partial charge in [0.1, 0.15) is 5.76 Å². The Kier molecular flexibility index (Phi) is 5.04.